The number of nitriles is 1. The predicted octanol–water partition coefficient (Wildman–Crippen LogP) is 5.44. The number of carbonyl (C=O) groups is 4. The highest BCUT2D eigenvalue weighted by molar-refractivity contribution is 6.31. The van der Waals surface area contributed by atoms with E-state index in [4.69, 9.17) is 31.0 Å². The number of imide groups is 2. The fourth-order valence-corrected chi connectivity index (χ4v) is 8.76. The van der Waals surface area contributed by atoms with E-state index in [2.05, 4.69) is 45.5 Å². The number of carbonyl (C=O) groups excluding carboxylic acids is 4. The SMILES string of the molecule is N#Cc1ccc(O[C@@H]2CCc3oc(-c4ccc(N5CCC(CN6Cc7cc8c(cc7C6)C(=O)N(C6CCC(=O)NC6=O)C8=O)CC5)cc4)nc3C2)cc1Cl. The van der Waals surface area contributed by atoms with Crippen molar-refractivity contribution in [3.05, 3.63) is 98.9 Å². The van der Waals surface area contributed by atoms with Gasteiger partial charge in [0.1, 0.15) is 29.7 Å². The average molecular weight is 745 g/mol. The van der Waals surface area contributed by atoms with E-state index in [-0.39, 0.29) is 24.9 Å². The van der Waals surface area contributed by atoms with Crippen molar-refractivity contribution in [3.8, 4) is 23.3 Å². The van der Waals surface area contributed by atoms with Gasteiger partial charge in [-0.1, -0.05) is 11.6 Å². The van der Waals surface area contributed by atoms with E-state index in [1.165, 1.54) is 5.69 Å². The third-order valence-electron chi connectivity index (χ3n) is 11.4. The third-order valence-corrected chi connectivity index (χ3v) is 11.7. The zero-order chi connectivity index (χ0) is 37.1. The molecule has 54 heavy (non-hydrogen) atoms. The number of piperidine rings is 2. The molecule has 5 aliphatic rings. The minimum Gasteiger partial charge on any atom is -0.490 e. The Morgan fingerprint density at radius 1 is 0.907 bits per heavy atom. The zero-order valence-electron chi connectivity index (χ0n) is 29.5. The lowest BCUT2D eigenvalue weighted by Gasteiger charge is -2.35. The molecule has 4 aliphatic heterocycles. The van der Waals surface area contributed by atoms with E-state index >= 15 is 0 Å². The number of halogens is 1. The summed E-state index contributed by atoms with van der Waals surface area (Å²) in [6.45, 7) is 4.29. The molecule has 2 saturated heterocycles. The van der Waals surface area contributed by atoms with Gasteiger partial charge in [-0.05, 0) is 91.3 Å². The molecule has 0 spiro atoms. The summed E-state index contributed by atoms with van der Waals surface area (Å²) in [6, 6.07) is 18.3. The molecule has 3 aromatic carbocycles. The topological polar surface area (TPSA) is 149 Å². The highest BCUT2D eigenvalue weighted by atomic mass is 35.5. The van der Waals surface area contributed by atoms with Crippen molar-refractivity contribution in [1.29, 1.82) is 5.26 Å². The number of anilines is 1. The predicted molar refractivity (Wildman–Crippen MR) is 197 cm³/mol. The lowest BCUT2D eigenvalue weighted by Crippen LogP contribution is -2.54. The highest BCUT2D eigenvalue weighted by Crippen LogP contribution is 2.36. The number of oxazole rings is 1. The number of benzene rings is 3. The van der Waals surface area contributed by atoms with Gasteiger partial charge in [-0.2, -0.15) is 5.26 Å². The molecule has 12 nitrogen and oxygen atoms in total. The number of ether oxygens (including phenoxy) is 1. The average Bonchev–Trinajstić information content (AvgIpc) is 3.84. The van der Waals surface area contributed by atoms with E-state index in [9.17, 15) is 19.2 Å². The fourth-order valence-electron chi connectivity index (χ4n) is 8.55. The summed E-state index contributed by atoms with van der Waals surface area (Å²) in [7, 11) is 0. The van der Waals surface area contributed by atoms with Gasteiger partial charge < -0.3 is 14.1 Å². The number of nitrogens with one attached hydrogen (secondary N) is 1. The van der Waals surface area contributed by atoms with E-state index in [1.54, 1.807) is 18.2 Å². The monoisotopic (exact) mass is 744 g/mol. The van der Waals surface area contributed by atoms with Crippen LogP contribution in [0.15, 0.2) is 59.0 Å². The first-order chi connectivity index (χ1) is 26.2. The van der Waals surface area contributed by atoms with Crippen LogP contribution in [0.2, 0.25) is 5.02 Å². The van der Waals surface area contributed by atoms with Gasteiger partial charge in [0.05, 0.1) is 27.4 Å². The molecule has 0 bridgehead atoms. The molecule has 1 N–H and O–H groups in total. The number of rotatable bonds is 7. The van der Waals surface area contributed by atoms with Crippen LogP contribution in [-0.4, -0.2) is 70.2 Å². The van der Waals surface area contributed by atoms with Crippen molar-refractivity contribution >= 4 is 40.9 Å². The molecule has 1 aliphatic carbocycles. The second kappa shape index (κ2) is 13.7. The Balaban J connectivity index is 0.771. The minimum atomic E-state index is -0.956. The quantitative estimate of drug-likeness (QED) is 0.243. The van der Waals surface area contributed by atoms with Gasteiger partial charge in [0.15, 0.2) is 0 Å². The molecular weight excluding hydrogens is 708 g/mol. The van der Waals surface area contributed by atoms with Crippen LogP contribution in [0.5, 0.6) is 5.75 Å². The molecule has 9 rings (SSSR count). The number of aryl methyl sites for hydroxylation is 1. The first-order valence-electron chi connectivity index (χ1n) is 18.5. The molecule has 5 heterocycles. The van der Waals surface area contributed by atoms with Crippen LogP contribution in [-0.2, 0) is 35.5 Å². The van der Waals surface area contributed by atoms with Crippen LogP contribution in [0.4, 0.5) is 5.69 Å². The molecule has 13 heteroatoms. The summed E-state index contributed by atoms with van der Waals surface area (Å²) in [5, 5.41) is 11.8. The summed E-state index contributed by atoms with van der Waals surface area (Å²) in [5.74, 6) is 0.791. The Morgan fingerprint density at radius 2 is 1.63 bits per heavy atom. The molecule has 4 amide bonds. The Kier molecular flexibility index (Phi) is 8.71. The van der Waals surface area contributed by atoms with Gasteiger partial charge in [0, 0.05) is 69.3 Å². The Morgan fingerprint density at radius 3 is 2.30 bits per heavy atom. The number of amides is 4. The summed E-state index contributed by atoms with van der Waals surface area (Å²) >= 11 is 6.19. The van der Waals surface area contributed by atoms with Crippen LogP contribution >= 0.6 is 11.6 Å². The fraction of sp³-hybridized carbons (Fsp3) is 0.366. The second-order valence-electron chi connectivity index (χ2n) is 14.9. The van der Waals surface area contributed by atoms with Gasteiger partial charge in [0.25, 0.3) is 11.8 Å². The maximum Gasteiger partial charge on any atom is 0.262 e. The van der Waals surface area contributed by atoms with Crippen LogP contribution in [0.1, 0.15) is 81.0 Å². The first kappa shape index (κ1) is 34.3. The largest absolute Gasteiger partial charge is 0.490 e. The van der Waals surface area contributed by atoms with Crippen molar-refractivity contribution in [3.63, 3.8) is 0 Å². The molecule has 1 aromatic heterocycles. The van der Waals surface area contributed by atoms with Gasteiger partial charge in [0.2, 0.25) is 17.7 Å². The number of hydrogen-bond donors (Lipinski definition) is 1. The normalized spacial score (nSPS) is 21.5. The van der Waals surface area contributed by atoms with Crippen LogP contribution in [0.25, 0.3) is 11.5 Å². The molecule has 2 fully saturated rings. The lowest BCUT2D eigenvalue weighted by atomic mass is 9.95. The Hall–Kier alpha value is -5.51. The van der Waals surface area contributed by atoms with Crippen LogP contribution < -0.4 is 15.0 Å². The van der Waals surface area contributed by atoms with E-state index in [0.717, 1.165) is 78.4 Å². The van der Waals surface area contributed by atoms with Crippen molar-refractivity contribution < 1.29 is 28.3 Å². The molecule has 0 saturated carbocycles. The molecule has 274 valence electrons. The van der Waals surface area contributed by atoms with E-state index < -0.39 is 23.8 Å². The summed E-state index contributed by atoms with van der Waals surface area (Å²) in [5.41, 5.74) is 6.23. The van der Waals surface area contributed by atoms with Gasteiger partial charge >= 0.3 is 0 Å². The molecule has 2 atom stereocenters. The van der Waals surface area contributed by atoms with E-state index in [0.29, 0.717) is 58.8 Å². The molecule has 1 unspecified atom stereocenters. The maximum absolute atomic E-state index is 13.3. The summed E-state index contributed by atoms with van der Waals surface area (Å²) in [6.07, 6.45) is 4.50. The van der Waals surface area contributed by atoms with Crippen LogP contribution in [0.3, 0.4) is 0 Å². The number of hydrogen-bond acceptors (Lipinski definition) is 10. The lowest BCUT2D eigenvalue weighted by molar-refractivity contribution is -0.136. The van der Waals surface area contributed by atoms with Crippen molar-refractivity contribution in [2.75, 3.05) is 24.5 Å². The Bertz CT molecular complexity index is 2210. The van der Waals surface area contributed by atoms with Crippen molar-refractivity contribution in [1.82, 2.24) is 20.1 Å². The van der Waals surface area contributed by atoms with Gasteiger partial charge in [-0.15, -0.1) is 0 Å². The molecule has 0 radical (unpaired) electrons. The maximum atomic E-state index is 13.3. The number of fused-ring (bicyclic) bond motifs is 3. The van der Waals surface area contributed by atoms with Gasteiger partial charge in [-0.3, -0.25) is 34.3 Å². The third kappa shape index (κ3) is 6.31. The zero-order valence-corrected chi connectivity index (χ0v) is 30.2. The number of nitrogens with zero attached hydrogens (tertiary/aromatic N) is 5. The summed E-state index contributed by atoms with van der Waals surface area (Å²) < 4.78 is 12.4. The first-order valence-corrected chi connectivity index (χ1v) is 18.9. The van der Waals surface area contributed by atoms with Crippen molar-refractivity contribution in [2.45, 2.75) is 70.2 Å². The van der Waals surface area contributed by atoms with E-state index in [1.807, 2.05) is 12.1 Å². The second-order valence-corrected chi connectivity index (χ2v) is 15.3. The molecule has 4 aromatic rings. The highest BCUT2D eigenvalue weighted by Gasteiger charge is 2.45. The van der Waals surface area contributed by atoms with Gasteiger partial charge in [-0.25, -0.2) is 4.98 Å². The molecular formula is C41H37ClN6O6. The standard InChI is InChI=1S/C41H37ClN6O6/c42-33-17-29(6-3-25(33)19-43)53-30-7-9-36-34(18-30)44-39(54-36)24-1-4-28(5-2-24)47-13-11-23(12-14-47)20-46-21-26-15-31-32(16-27(26)22-46)41(52)48(40(31)51)35-8-10-37(49)45-38(35)50/h1-6,15-17,23,30,35H,7-14,18,20-22H2,(H,45,49,50)/t30-,35?/m1/s1. The smallest absolute Gasteiger partial charge is 0.262 e. The summed E-state index contributed by atoms with van der Waals surface area (Å²) in [4.78, 5) is 61.3. The van der Waals surface area contributed by atoms with Crippen LogP contribution in [0, 0.1) is 17.2 Å². The Labute approximate surface area is 316 Å². The number of aromatic nitrogens is 1. The van der Waals surface area contributed by atoms with Crippen molar-refractivity contribution in [2.24, 2.45) is 5.92 Å². The minimum absolute atomic E-state index is 0.0532.